The molecule has 0 unspecified atom stereocenters. The van der Waals surface area contributed by atoms with E-state index < -0.39 is 0 Å². The molecule has 0 aliphatic carbocycles. The van der Waals surface area contributed by atoms with Gasteiger partial charge in [-0.2, -0.15) is 0 Å². The Morgan fingerprint density at radius 1 is 1.19 bits per heavy atom. The van der Waals surface area contributed by atoms with Gasteiger partial charge in [0.1, 0.15) is 0 Å². The average Bonchev–Trinajstić information content (AvgIpc) is 2.63. The molecule has 1 aliphatic heterocycles. The van der Waals surface area contributed by atoms with Crippen LogP contribution in [0.1, 0.15) is 36.5 Å². The Balaban J connectivity index is 2.36. The summed E-state index contributed by atoms with van der Waals surface area (Å²) < 4.78 is 0. The molecule has 2 aromatic rings. The number of rotatable bonds is 4. The van der Waals surface area contributed by atoms with Gasteiger partial charge in [0.25, 0.3) is 0 Å². The lowest BCUT2D eigenvalue weighted by molar-refractivity contribution is -0.118. The van der Waals surface area contributed by atoms with Crippen LogP contribution < -0.4 is 10.7 Å². The number of hydrogen-bond donors (Lipinski definition) is 1. The highest BCUT2D eigenvalue weighted by atomic mass is 16.2. The van der Waals surface area contributed by atoms with Crippen LogP contribution in [0.15, 0.2) is 53.5 Å². The Bertz CT molecular complexity index is 870. The van der Waals surface area contributed by atoms with Gasteiger partial charge in [0, 0.05) is 24.6 Å². The summed E-state index contributed by atoms with van der Waals surface area (Å²) in [7, 11) is 1.78. The molecule has 26 heavy (non-hydrogen) atoms. The van der Waals surface area contributed by atoms with E-state index in [1.807, 2.05) is 60.4 Å². The summed E-state index contributed by atoms with van der Waals surface area (Å²) in [5.41, 5.74) is 5.15. The lowest BCUT2D eigenvalue weighted by Crippen LogP contribution is -2.34. The standard InChI is InChI=1S/C21H24N4O/c1-4-9-19(26)25-14-15-10-5-6-11-16(15)20(23-2)21(24(3)22)17-12-7-8-13-18(17)25/h5-8,10-13H,2,4,9,14,22H2,1,3H3/b21-20-. The van der Waals surface area contributed by atoms with E-state index in [1.165, 1.54) is 0 Å². The first-order chi connectivity index (χ1) is 12.6. The zero-order valence-electron chi connectivity index (χ0n) is 15.3. The van der Waals surface area contributed by atoms with Gasteiger partial charge >= 0.3 is 0 Å². The van der Waals surface area contributed by atoms with E-state index >= 15 is 0 Å². The van der Waals surface area contributed by atoms with Crippen LogP contribution in [0.5, 0.6) is 0 Å². The van der Waals surface area contributed by atoms with Crippen molar-refractivity contribution < 1.29 is 4.79 Å². The predicted molar refractivity (Wildman–Crippen MR) is 107 cm³/mol. The lowest BCUT2D eigenvalue weighted by Gasteiger charge is -2.32. The fourth-order valence-electron chi connectivity index (χ4n) is 3.40. The van der Waals surface area contributed by atoms with Crippen LogP contribution in [-0.2, 0) is 11.3 Å². The summed E-state index contributed by atoms with van der Waals surface area (Å²) in [6.45, 7) is 6.28. The molecule has 0 saturated carbocycles. The fraction of sp³-hybridized carbons (Fsp3) is 0.238. The van der Waals surface area contributed by atoms with Crippen molar-refractivity contribution in [2.45, 2.75) is 26.3 Å². The van der Waals surface area contributed by atoms with Crippen LogP contribution in [-0.4, -0.2) is 24.7 Å². The number of fused-ring (bicyclic) bond motifs is 2. The zero-order valence-corrected chi connectivity index (χ0v) is 15.3. The zero-order chi connectivity index (χ0) is 18.7. The van der Waals surface area contributed by atoms with Gasteiger partial charge in [-0.25, -0.2) is 5.84 Å². The number of hydrazine groups is 1. The smallest absolute Gasteiger partial charge is 0.227 e. The van der Waals surface area contributed by atoms with Gasteiger partial charge in [0.05, 0.1) is 23.6 Å². The number of aliphatic imine (C=N–C) groups is 1. The molecule has 5 heteroatoms. The van der Waals surface area contributed by atoms with E-state index in [4.69, 9.17) is 5.84 Å². The number of carbonyl (C=O) groups excluding carboxylic acids is 1. The van der Waals surface area contributed by atoms with Crippen molar-refractivity contribution in [1.82, 2.24) is 5.01 Å². The van der Waals surface area contributed by atoms with Crippen molar-refractivity contribution in [1.29, 1.82) is 0 Å². The number of hydrogen-bond acceptors (Lipinski definition) is 4. The van der Waals surface area contributed by atoms with Crippen LogP contribution in [0, 0.1) is 0 Å². The molecule has 0 spiro atoms. The van der Waals surface area contributed by atoms with Crippen LogP contribution in [0.2, 0.25) is 0 Å². The maximum absolute atomic E-state index is 12.9. The molecule has 0 fully saturated rings. The Morgan fingerprint density at radius 3 is 2.50 bits per heavy atom. The summed E-state index contributed by atoms with van der Waals surface area (Å²) in [6, 6.07) is 15.8. The van der Waals surface area contributed by atoms with Gasteiger partial charge in [-0.05, 0) is 24.8 Å². The van der Waals surface area contributed by atoms with Gasteiger partial charge in [-0.3, -0.25) is 9.79 Å². The summed E-state index contributed by atoms with van der Waals surface area (Å²) in [5.74, 6) is 6.29. The first-order valence-corrected chi connectivity index (χ1v) is 8.76. The molecular weight excluding hydrogens is 324 g/mol. The molecule has 1 amide bonds. The van der Waals surface area contributed by atoms with Crippen molar-refractivity contribution in [2.75, 3.05) is 11.9 Å². The highest BCUT2D eigenvalue weighted by molar-refractivity contribution is 6.01. The molecule has 1 aliphatic rings. The summed E-state index contributed by atoms with van der Waals surface area (Å²) >= 11 is 0. The maximum Gasteiger partial charge on any atom is 0.227 e. The van der Waals surface area contributed by atoms with E-state index in [0.717, 1.165) is 40.2 Å². The molecule has 134 valence electrons. The minimum atomic E-state index is 0.101. The molecule has 3 rings (SSSR count). The molecule has 0 radical (unpaired) electrons. The van der Waals surface area contributed by atoms with Gasteiger partial charge < -0.3 is 9.91 Å². The molecule has 5 nitrogen and oxygen atoms in total. The van der Waals surface area contributed by atoms with Crippen LogP contribution in [0.4, 0.5) is 5.69 Å². The Kier molecular flexibility index (Phi) is 5.19. The monoisotopic (exact) mass is 348 g/mol. The second kappa shape index (κ2) is 7.54. The van der Waals surface area contributed by atoms with E-state index in [1.54, 1.807) is 12.1 Å². The van der Waals surface area contributed by atoms with Gasteiger partial charge in [0.15, 0.2) is 0 Å². The van der Waals surface area contributed by atoms with E-state index in [2.05, 4.69) is 11.7 Å². The topological polar surface area (TPSA) is 61.9 Å². The predicted octanol–water partition coefficient (Wildman–Crippen LogP) is 3.67. The summed E-state index contributed by atoms with van der Waals surface area (Å²) in [4.78, 5) is 19.0. The minimum absolute atomic E-state index is 0.101. The molecule has 2 N–H and O–H groups in total. The number of benzene rings is 2. The molecule has 2 aromatic carbocycles. The average molecular weight is 348 g/mol. The Hall–Kier alpha value is -2.92. The first kappa shape index (κ1) is 17.9. The minimum Gasteiger partial charge on any atom is -0.311 e. The van der Waals surface area contributed by atoms with Crippen molar-refractivity contribution in [3.63, 3.8) is 0 Å². The Labute approximate surface area is 154 Å². The molecule has 0 atom stereocenters. The third-order valence-electron chi connectivity index (χ3n) is 4.55. The van der Waals surface area contributed by atoms with Gasteiger partial charge in [-0.15, -0.1) is 0 Å². The lowest BCUT2D eigenvalue weighted by atomic mass is 9.95. The Morgan fingerprint density at radius 2 is 1.85 bits per heavy atom. The SMILES string of the molecule is C=N/C1=C(\N(C)N)c2ccccc2N(C(=O)CCC)Cc2ccccc21. The third kappa shape index (κ3) is 3.13. The summed E-state index contributed by atoms with van der Waals surface area (Å²) in [5, 5.41) is 1.55. The van der Waals surface area contributed by atoms with E-state index in [-0.39, 0.29) is 5.91 Å². The number of nitrogens with two attached hydrogens (primary N) is 1. The van der Waals surface area contributed by atoms with Crippen LogP contribution in [0.3, 0.4) is 0 Å². The van der Waals surface area contributed by atoms with Crippen molar-refractivity contribution in [3.05, 3.63) is 65.2 Å². The van der Waals surface area contributed by atoms with Crippen molar-refractivity contribution in [2.24, 2.45) is 10.8 Å². The quantitative estimate of drug-likeness (QED) is 0.521. The number of carbonyl (C=O) groups is 1. The third-order valence-corrected chi connectivity index (χ3v) is 4.55. The van der Waals surface area contributed by atoms with E-state index in [9.17, 15) is 4.79 Å². The second-order valence-electron chi connectivity index (χ2n) is 6.37. The first-order valence-electron chi connectivity index (χ1n) is 8.76. The maximum atomic E-state index is 12.9. The van der Waals surface area contributed by atoms with Crippen molar-refractivity contribution in [3.8, 4) is 0 Å². The van der Waals surface area contributed by atoms with Crippen molar-refractivity contribution >= 4 is 29.7 Å². The number of nitrogens with zero attached hydrogens (tertiary/aromatic N) is 3. The van der Waals surface area contributed by atoms with Gasteiger partial charge in [0.2, 0.25) is 5.91 Å². The highest BCUT2D eigenvalue weighted by Gasteiger charge is 2.27. The molecule has 1 heterocycles. The molecule has 0 bridgehead atoms. The summed E-state index contributed by atoms with van der Waals surface area (Å²) in [6.07, 6.45) is 1.30. The largest absolute Gasteiger partial charge is 0.311 e. The number of amides is 1. The molecule has 0 saturated heterocycles. The van der Waals surface area contributed by atoms with Crippen LogP contribution in [0.25, 0.3) is 11.4 Å². The fourth-order valence-corrected chi connectivity index (χ4v) is 3.40. The molecular formula is C21H24N4O. The van der Waals surface area contributed by atoms with Crippen LogP contribution >= 0.6 is 0 Å². The number of para-hydroxylation sites is 1. The highest BCUT2D eigenvalue weighted by Crippen LogP contribution is 2.38. The normalized spacial score (nSPS) is 16.2. The van der Waals surface area contributed by atoms with E-state index in [0.29, 0.717) is 13.0 Å². The van der Waals surface area contributed by atoms with Gasteiger partial charge in [-0.1, -0.05) is 49.4 Å². The molecule has 0 aromatic heterocycles. The second-order valence-corrected chi connectivity index (χ2v) is 6.37. The number of anilines is 1.